The van der Waals surface area contributed by atoms with Crippen molar-refractivity contribution in [2.24, 2.45) is 4.99 Å². The van der Waals surface area contributed by atoms with Crippen LogP contribution < -0.4 is 0 Å². The second-order valence-electron chi connectivity index (χ2n) is 4.72. The summed E-state index contributed by atoms with van der Waals surface area (Å²) in [5.74, 6) is -0.287. The lowest BCUT2D eigenvalue weighted by molar-refractivity contribution is 0.480. The molecule has 0 aliphatic rings. The van der Waals surface area contributed by atoms with Gasteiger partial charge in [-0.2, -0.15) is 0 Å². The minimum atomic E-state index is -3.66. The third-order valence-corrected chi connectivity index (χ3v) is 4.31. The summed E-state index contributed by atoms with van der Waals surface area (Å²) in [4.78, 5) is 7.53. The summed E-state index contributed by atoms with van der Waals surface area (Å²) in [6, 6.07) is 5.38. The lowest BCUT2D eigenvalue weighted by atomic mass is 10.3. The number of aliphatic imine (C=N–C) groups is 1. The normalized spacial score (nSPS) is 11.1. The Morgan fingerprint density at radius 3 is 2.20 bits per heavy atom. The van der Waals surface area contributed by atoms with Gasteiger partial charge in [-0.05, 0) is 12.1 Å². The zero-order chi connectivity index (χ0) is 15.3. The van der Waals surface area contributed by atoms with Crippen LogP contribution in [0.25, 0.3) is 0 Å². The van der Waals surface area contributed by atoms with Gasteiger partial charge in [-0.1, -0.05) is 12.1 Å². The van der Waals surface area contributed by atoms with Crippen molar-refractivity contribution in [3.8, 4) is 0 Å². The first kappa shape index (κ1) is 16.4. The van der Waals surface area contributed by atoms with Crippen LogP contribution in [0.2, 0.25) is 0 Å². The van der Waals surface area contributed by atoms with Crippen LogP contribution in [0.15, 0.2) is 34.2 Å². The molecule has 0 aromatic heterocycles. The maximum absolute atomic E-state index is 13.5. The Morgan fingerprint density at radius 1 is 1.15 bits per heavy atom. The number of sulfone groups is 1. The number of hydrogen-bond donors (Lipinski definition) is 0. The van der Waals surface area contributed by atoms with Gasteiger partial charge >= 0.3 is 0 Å². The first-order valence-corrected chi connectivity index (χ1v) is 7.77. The van der Waals surface area contributed by atoms with E-state index in [1.807, 2.05) is 28.2 Å². The topological polar surface area (TPSA) is 53.0 Å². The molecule has 0 spiro atoms. The van der Waals surface area contributed by atoms with Crippen LogP contribution in [0.5, 0.6) is 0 Å². The van der Waals surface area contributed by atoms with Crippen molar-refractivity contribution in [2.45, 2.75) is 4.90 Å². The molecule has 0 saturated carbocycles. The van der Waals surface area contributed by atoms with E-state index in [-0.39, 0.29) is 17.2 Å². The number of nitrogens with zero attached hydrogens (tertiary/aromatic N) is 3. The largest absolute Gasteiger partial charge is 0.349 e. The second kappa shape index (κ2) is 6.69. The number of hydrogen-bond acceptors (Lipinski definition) is 3. The van der Waals surface area contributed by atoms with Crippen molar-refractivity contribution in [1.29, 1.82) is 0 Å². The Hall–Kier alpha value is -1.63. The molecule has 1 aromatic carbocycles. The number of rotatable bonds is 4. The van der Waals surface area contributed by atoms with Crippen LogP contribution in [0, 0.1) is 5.82 Å². The van der Waals surface area contributed by atoms with E-state index in [2.05, 4.69) is 4.99 Å². The summed E-state index contributed by atoms with van der Waals surface area (Å²) in [5.41, 5.74) is 0. The van der Waals surface area contributed by atoms with Crippen molar-refractivity contribution in [3.63, 3.8) is 0 Å². The molecule has 0 radical (unpaired) electrons. The van der Waals surface area contributed by atoms with E-state index in [1.54, 1.807) is 9.80 Å². The molecule has 0 saturated heterocycles. The van der Waals surface area contributed by atoms with Gasteiger partial charge in [0.15, 0.2) is 15.8 Å². The van der Waals surface area contributed by atoms with Gasteiger partial charge in [-0.25, -0.2) is 12.8 Å². The molecule has 0 fully saturated rings. The third-order valence-electron chi connectivity index (χ3n) is 2.58. The molecule has 0 heterocycles. The van der Waals surface area contributed by atoms with Crippen LogP contribution in [0.3, 0.4) is 0 Å². The molecule has 5 nitrogen and oxygen atoms in total. The molecule has 112 valence electrons. The smallest absolute Gasteiger partial charge is 0.195 e. The van der Waals surface area contributed by atoms with Gasteiger partial charge in [0.05, 0.1) is 12.3 Å². The predicted octanol–water partition coefficient (Wildman–Crippen LogP) is 1.08. The maximum atomic E-state index is 13.5. The number of halogens is 1. The maximum Gasteiger partial charge on any atom is 0.195 e. The summed E-state index contributed by atoms with van der Waals surface area (Å²) in [7, 11) is 3.64. The standard InChI is InChI=1S/C13H20FN3O2S/c1-16(2)13(17(3)4)15-9-10-20(18,19)12-8-6-5-7-11(12)14/h5-8H,9-10H2,1-4H3. The molecule has 0 bridgehead atoms. The molecule has 0 amide bonds. The van der Waals surface area contributed by atoms with Crippen LogP contribution in [0.1, 0.15) is 0 Å². The summed E-state index contributed by atoms with van der Waals surface area (Å²) in [6.45, 7) is 0.0857. The Kier molecular flexibility index (Phi) is 5.50. The Morgan fingerprint density at radius 2 is 1.70 bits per heavy atom. The van der Waals surface area contributed by atoms with E-state index < -0.39 is 15.7 Å². The average molecular weight is 301 g/mol. The van der Waals surface area contributed by atoms with E-state index >= 15 is 0 Å². The third kappa shape index (κ3) is 4.19. The van der Waals surface area contributed by atoms with E-state index in [9.17, 15) is 12.8 Å². The highest BCUT2D eigenvalue weighted by Gasteiger charge is 2.18. The molecular weight excluding hydrogens is 281 g/mol. The predicted molar refractivity (Wildman–Crippen MR) is 78.1 cm³/mol. The molecule has 1 aromatic rings. The lowest BCUT2D eigenvalue weighted by Crippen LogP contribution is -2.35. The van der Waals surface area contributed by atoms with Crippen LogP contribution >= 0.6 is 0 Å². The van der Waals surface area contributed by atoms with Crippen LogP contribution in [0.4, 0.5) is 4.39 Å². The molecule has 0 atom stereocenters. The molecule has 0 aliphatic carbocycles. The van der Waals surface area contributed by atoms with E-state index in [4.69, 9.17) is 0 Å². The highest BCUT2D eigenvalue weighted by molar-refractivity contribution is 7.91. The van der Waals surface area contributed by atoms with Crippen LogP contribution in [-0.4, -0.2) is 64.7 Å². The van der Waals surface area contributed by atoms with E-state index in [0.717, 1.165) is 6.07 Å². The number of benzene rings is 1. The van der Waals surface area contributed by atoms with Crippen molar-refractivity contribution in [2.75, 3.05) is 40.5 Å². The van der Waals surface area contributed by atoms with E-state index in [0.29, 0.717) is 5.96 Å². The summed E-state index contributed by atoms with van der Waals surface area (Å²) in [6.07, 6.45) is 0. The van der Waals surface area contributed by atoms with Gasteiger partial charge < -0.3 is 9.80 Å². The van der Waals surface area contributed by atoms with Gasteiger partial charge in [0.25, 0.3) is 0 Å². The Bertz CT molecular complexity index is 573. The minimum absolute atomic E-state index is 0.0857. The van der Waals surface area contributed by atoms with Gasteiger partial charge in [0.2, 0.25) is 0 Å². The minimum Gasteiger partial charge on any atom is -0.349 e. The molecular formula is C13H20FN3O2S. The molecule has 1 rings (SSSR count). The molecule has 0 aliphatic heterocycles. The fourth-order valence-corrected chi connectivity index (χ4v) is 2.96. The fourth-order valence-electron chi connectivity index (χ4n) is 1.76. The van der Waals surface area contributed by atoms with Crippen molar-refractivity contribution in [3.05, 3.63) is 30.1 Å². The summed E-state index contributed by atoms with van der Waals surface area (Å²) in [5, 5.41) is 0. The highest BCUT2D eigenvalue weighted by atomic mass is 32.2. The van der Waals surface area contributed by atoms with Gasteiger partial charge in [0.1, 0.15) is 10.7 Å². The molecule has 20 heavy (non-hydrogen) atoms. The second-order valence-corrected chi connectivity index (χ2v) is 6.80. The fraction of sp³-hybridized carbons (Fsp3) is 0.462. The van der Waals surface area contributed by atoms with E-state index in [1.165, 1.54) is 18.2 Å². The van der Waals surface area contributed by atoms with Crippen molar-refractivity contribution < 1.29 is 12.8 Å². The zero-order valence-electron chi connectivity index (χ0n) is 12.2. The quantitative estimate of drug-likeness (QED) is 0.617. The zero-order valence-corrected chi connectivity index (χ0v) is 13.0. The molecule has 7 heteroatoms. The van der Waals surface area contributed by atoms with Crippen molar-refractivity contribution in [1.82, 2.24) is 9.80 Å². The van der Waals surface area contributed by atoms with Gasteiger partial charge in [-0.15, -0.1) is 0 Å². The summed E-state index contributed by atoms with van der Waals surface area (Å²) < 4.78 is 37.6. The molecule has 0 unspecified atom stereocenters. The molecule has 0 N–H and O–H groups in total. The summed E-state index contributed by atoms with van der Waals surface area (Å²) >= 11 is 0. The highest BCUT2D eigenvalue weighted by Crippen LogP contribution is 2.15. The monoisotopic (exact) mass is 301 g/mol. The first-order chi connectivity index (χ1) is 9.25. The van der Waals surface area contributed by atoms with Crippen LogP contribution in [-0.2, 0) is 9.84 Å². The van der Waals surface area contributed by atoms with Gasteiger partial charge in [0, 0.05) is 28.2 Å². The Balaban J connectivity index is 2.84. The SMILES string of the molecule is CN(C)C(=NCCS(=O)(=O)c1ccccc1F)N(C)C. The van der Waals surface area contributed by atoms with Crippen molar-refractivity contribution >= 4 is 15.8 Å². The lowest BCUT2D eigenvalue weighted by Gasteiger charge is -2.22. The average Bonchev–Trinajstić information content (AvgIpc) is 2.34. The Labute approximate surface area is 119 Å². The number of guanidine groups is 1. The van der Waals surface area contributed by atoms with Gasteiger partial charge in [-0.3, -0.25) is 4.99 Å². The first-order valence-electron chi connectivity index (χ1n) is 6.12.